The molecule has 0 saturated carbocycles. The van der Waals surface area contributed by atoms with Crippen molar-refractivity contribution in [2.45, 2.75) is 18.8 Å². The number of piperidine rings is 1. The Hall–Kier alpha value is -1.35. The van der Waals surface area contributed by atoms with Crippen molar-refractivity contribution < 1.29 is 38.3 Å². The Bertz CT molecular complexity index is 554. The van der Waals surface area contributed by atoms with Crippen LogP contribution in [0.4, 0.5) is 0 Å². The number of nitrogens with zero attached hydrogens (tertiary/aromatic N) is 2. The molecule has 6 nitrogen and oxygen atoms in total. The third-order valence-corrected chi connectivity index (χ3v) is 4.26. The molecule has 0 aromatic carbocycles. The number of carboxylic acids is 1. The van der Waals surface area contributed by atoms with Crippen molar-refractivity contribution in [2.75, 3.05) is 26.3 Å². The van der Waals surface area contributed by atoms with Gasteiger partial charge in [0.15, 0.2) is 0 Å². The van der Waals surface area contributed by atoms with Crippen molar-refractivity contribution in [3.05, 3.63) is 29.6 Å². The van der Waals surface area contributed by atoms with E-state index in [9.17, 15) is 14.7 Å². The second kappa shape index (κ2) is 7.27. The van der Waals surface area contributed by atoms with Crippen molar-refractivity contribution in [2.24, 2.45) is 5.92 Å². The molecule has 2 fully saturated rings. The van der Waals surface area contributed by atoms with Gasteiger partial charge in [0, 0.05) is 31.0 Å². The average Bonchev–Trinajstić information content (AvgIpc) is 2.46. The molecular formula is C15H17LiN2O4. The number of hydrogen-bond acceptors (Lipinski definition) is 5. The zero-order chi connectivity index (χ0) is 14.8. The first kappa shape index (κ1) is 17.0. The van der Waals surface area contributed by atoms with Crippen molar-refractivity contribution >= 4 is 11.9 Å². The second-order valence-electron chi connectivity index (χ2n) is 5.63. The van der Waals surface area contributed by atoms with Crippen LogP contribution in [0.25, 0.3) is 0 Å². The van der Waals surface area contributed by atoms with E-state index in [-0.39, 0.29) is 42.2 Å². The minimum Gasteiger partial charge on any atom is -0.545 e. The molecule has 7 heteroatoms. The van der Waals surface area contributed by atoms with Crippen molar-refractivity contribution in [3.63, 3.8) is 0 Å². The van der Waals surface area contributed by atoms with Gasteiger partial charge in [-0.05, 0) is 30.4 Å². The van der Waals surface area contributed by atoms with Gasteiger partial charge in [0.2, 0.25) is 5.91 Å². The number of carbonyl (C=O) groups is 2. The Morgan fingerprint density at radius 3 is 2.45 bits per heavy atom. The zero-order valence-electron chi connectivity index (χ0n) is 12.7. The second-order valence-corrected chi connectivity index (χ2v) is 5.63. The van der Waals surface area contributed by atoms with Gasteiger partial charge in [-0.3, -0.25) is 9.78 Å². The smallest absolute Gasteiger partial charge is 0.545 e. The first-order valence-corrected chi connectivity index (χ1v) is 7.18. The van der Waals surface area contributed by atoms with Crippen molar-refractivity contribution in [1.29, 1.82) is 0 Å². The molecule has 0 N–H and O–H groups in total. The number of aromatic nitrogens is 1. The molecule has 2 saturated heterocycles. The van der Waals surface area contributed by atoms with E-state index in [1.807, 2.05) is 4.90 Å². The summed E-state index contributed by atoms with van der Waals surface area (Å²) in [5.74, 6) is -0.744. The molecule has 0 aliphatic carbocycles. The quantitative estimate of drug-likeness (QED) is 0.549. The third-order valence-electron chi connectivity index (χ3n) is 4.26. The molecule has 0 atom stereocenters. The number of carbonyl (C=O) groups excluding carboxylic acids is 2. The molecule has 1 aromatic rings. The van der Waals surface area contributed by atoms with E-state index >= 15 is 0 Å². The van der Waals surface area contributed by atoms with Gasteiger partial charge in [0.1, 0.15) is 0 Å². The SMILES string of the molecule is O=C([O-])c1cncc(C2CCN(C(=O)C3COC3)CC2)c1.[Li+]. The van der Waals surface area contributed by atoms with E-state index in [1.54, 1.807) is 12.3 Å². The fraction of sp³-hybridized carbons (Fsp3) is 0.533. The summed E-state index contributed by atoms with van der Waals surface area (Å²) in [6.07, 6.45) is 4.66. The topological polar surface area (TPSA) is 82.6 Å². The van der Waals surface area contributed by atoms with E-state index < -0.39 is 5.97 Å². The maximum atomic E-state index is 12.1. The standard InChI is InChI=1S/C15H18N2O4.Li/c18-14(13-8-21-9-13)17-3-1-10(2-4-17)11-5-12(15(19)20)7-16-6-11;/h5-7,10,13H,1-4,8-9H2,(H,19,20);/q;+1/p-1. The van der Waals surface area contributed by atoms with Crippen LogP contribution in [0.2, 0.25) is 0 Å². The molecule has 1 aromatic heterocycles. The number of likely N-dealkylation sites (tertiary alicyclic amines) is 1. The molecule has 3 rings (SSSR count). The normalized spacial score (nSPS) is 19.2. The first-order valence-electron chi connectivity index (χ1n) is 7.18. The molecule has 112 valence electrons. The summed E-state index contributed by atoms with van der Waals surface area (Å²) in [7, 11) is 0. The molecule has 0 bridgehead atoms. The Balaban J connectivity index is 0.00000176. The maximum Gasteiger partial charge on any atom is 1.00 e. The minimum atomic E-state index is -1.21. The van der Waals surface area contributed by atoms with E-state index in [0.717, 1.165) is 18.4 Å². The first-order chi connectivity index (χ1) is 10.1. The zero-order valence-corrected chi connectivity index (χ0v) is 12.7. The molecule has 0 radical (unpaired) electrons. The van der Waals surface area contributed by atoms with Crippen LogP contribution in [0.1, 0.15) is 34.7 Å². The monoisotopic (exact) mass is 296 g/mol. The van der Waals surface area contributed by atoms with Gasteiger partial charge >= 0.3 is 18.9 Å². The number of aromatic carboxylic acids is 1. The largest absolute Gasteiger partial charge is 1.00 e. The number of ether oxygens (including phenoxy) is 1. The van der Waals surface area contributed by atoms with Crippen LogP contribution in [0.15, 0.2) is 18.5 Å². The average molecular weight is 296 g/mol. The van der Waals surface area contributed by atoms with Gasteiger partial charge in [-0.25, -0.2) is 0 Å². The van der Waals surface area contributed by atoms with Crippen LogP contribution in [0, 0.1) is 5.92 Å². The predicted octanol–water partition coefficient (Wildman–Crippen LogP) is -3.20. The van der Waals surface area contributed by atoms with E-state index in [4.69, 9.17) is 4.74 Å². The maximum absolute atomic E-state index is 12.1. The Morgan fingerprint density at radius 2 is 1.91 bits per heavy atom. The summed E-state index contributed by atoms with van der Waals surface area (Å²) in [6, 6.07) is 1.63. The van der Waals surface area contributed by atoms with Gasteiger partial charge in [-0.1, -0.05) is 0 Å². The number of amides is 1. The van der Waals surface area contributed by atoms with E-state index in [2.05, 4.69) is 4.98 Å². The molecule has 22 heavy (non-hydrogen) atoms. The number of rotatable bonds is 3. The fourth-order valence-electron chi connectivity index (χ4n) is 2.86. The van der Waals surface area contributed by atoms with E-state index in [0.29, 0.717) is 26.3 Å². The number of carboxylic acid groups (broad SMARTS) is 1. The van der Waals surface area contributed by atoms with Gasteiger partial charge < -0.3 is 19.5 Å². The van der Waals surface area contributed by atoms with Crippen LogP contribution in [-0.4, -0.2) is 48.1 Å². The predicted molar refractivity (Wildman–Crippen MR) is 71.4 cm³/mol. The van der Waals surface area contributed by atoms with Crippen molar-refractivity contribution in [1.82, 2.24) is 9.88 Å². The van der Waals surface area contributed by atoms with Crippen LogP contribution < -0.4 is 24.0 Å². The molecular weight excluding hydrogens is 279 g/mol. The van der Waals surface area contributed by atoms with Gasteiger partial charge in [-0.15, -0.1) is 0 Å². The molecule has 0 unspecified atom stereocenters. The third kappa shape index (κ3) is 3.51. The van der Waals surface area contributed by atoms with Gasteiger partial charge in [0.05, 0.1) is 25.1 Å². The summed E-state index contributed by atoms with van der Waals surface area (Å²) in [5, 5.41) is 10.9. The molecule has 1 amide bonds. The molecule has 3 heterocycles. The van der Waals surface area contributed by atoms with Crippen LogP contribution in [-0.2, 0) is 9.53 Å². The summed E-state index contributed by atoms with van der Waals surface area (Å²) in [6.45, 7) is 2.48. The summed E-state index contributed by atoms with van der Waals surface area (Å²) < 4.78 is 5.06. The van der Waals surface area contributed by atoms with E-state index in [1.165, 1.54) is 6.20 Å². The Kier molecular flexibility index (Phi) is 5.62. The van der Waals surface area contributed by atoms with Gasteiger partial charge in [0.25, 0.3) is 0 Å². The van der Waals surface area contributed by atoms with Crippen LogP contribution in [0.3, 0.4) is 0 Å². The summed E-state index contributed by atoms with van der Waals surface area (Å²) >= 11 is 0. The molecule has 0 spiro atoms. The molecule has 2 aliphatic heterocycles. The minimum absolute atomic E-state index is 0. The Morgan fingerprint density at radius 1 is 1.23 bits per heavy atom. The number of pyridine rings is 1. The summed E-state index contributed by atoms with van der Waals surface area (Å²) in [5.41, 5.74) is 1.02. The fourth-order valence-corrected chi connectivity index (χ4v) is 2.86. The van der Waals surface area contributed by atoms with Crippen molar-refractivity contribution in [3.8, 4) is 0 Å². The van der Waals surface area contributed by atoms with Gasteiger partial charge in [-0.2, -0.15) is 0 Å². The Labute approximate surface area is 141 Å². The van der Waals surface area contributed by atoms with Crippen LogP contribution in [0.5, 0.6) is 0 Å². The summed E-state index contributed by atoms with van der Waals surface area (Å²) in [4.78, 5) is 28.8. The molecule has 2 aliphatic rings. The van der Waals surface area contributed by atoms with Crippen LogP contribution >= 0.6 is 0 Å². The number of hydrogen-bond donors (Lipinski definition) is 0.